The Labute approximate surface area is 216 Å². The summed E-state index contributed by atoms with van der Waals surface area (Å²) in [5, 5.41) is 20.4. The quantitative estimate of drug-likeness (QED) is 0.205. The van der Waals surface area contributed by atoms with Crippen LogP contribution < -0.4 is 4.74 Å². The summed E-state index contributed by atoms with van der Waals surface area (Å²) in [7, 11) is 0. The summed E-state index contributed by atoms with van der Waals surface area (Å²) < 4.78 is 8.00. The van der Waals surface area contributed by atoms with E-state index in [0.29, 0.717) is 12.3 Å². The molecule has 37 heavy (non-hydrogen) atoms. The minimum absolute atomic E-state index is 0.0290. The first kappa shape index (κ1) is 23.9. The molecule has 0 aliphatic rings. The SMILES string of the molecule is C=C(c1ccc(C(CCCC#N)n2c(OCC#N)cc3ccccc32)cc1)c1ccc2ccccc2n1. The molecule has 5 heteroatoms. The molecule has 1 atom stereocenters. The zero-order chi connectivity index (χ0) is 25.6. The van der Waals surface area contributed by atoms with E-state index >= 15 is 0 Å². The lowest BCUT2D eigenvalue weighted by molar-refractivity contribution is 0.324. The molecule has 2 aromatic heterocycles. The molecule has 2 heterocycles. The van der Waals surface area contributed by atoms with Crippen molar-refractivity contribution in [2.75, 3.05) is 6.61 Å². The van der Waals surface area contributed by atoms with Crippen molar-refractivity contribution in [1.29, 1.82) is 10.5 Å². The molecule has 0 fully saturated rings. The molecule has 0 saturated carbocycles. The summed E-state index contributed by atoms with van der Waals surface area (Å²) in [6.07, 6.45) is 2.00. The Morgan fingerprint density at radius 3 is 2.43 bits per heavy atom. The van der Waals surface area contributed by atoms with E-state index in [2.05, 4.69) is 65.7 Å². The van der Waals surface area contributed by atoms with Crippen LogP contribution in [0, 0.1) is 22.7 Å². The average molecular weight is 483 g/mol. The van der Waals surface area contributed by atoms with Crippen LogP contribution in [-0.4, -0.2) is 16.2 Å². The summed E-state index contributed by atoms with van der Waals surface area (Å²) in [5.41, 5.74) is 5.79. The highest BCUT2D eigenvalue weighted by molar-refractivity contribution is 5.84. The predicted molar refractivity (Wildman–Crippen MR) is 147 cm³/mol. The lowest BCUT2D eigenvalue weighted by atomic mass is 9.96. The Hall–Kier alpha value is -4.87. The number of para-hydroxylation sites is 2. The van der Waals surface area contributed by atoms with Crippen molar-refractivity contribution < 1.29 is 4.74 Å². The van der Waals surface area contributed by atoms with Gasteiger partial charge < -0.3 is 9.30 Å². The highest BCUT2D eigenvalue weighted by Gasteiger charge is 2.21. The van der Waals surface area contributed by atoms with E-state index in [1.165, 1.54) is 0 Å². The van der Waals surface area contributed by atoms with Crippen molar-refractivity contribution in [1.82, 2.24) is 9.55 Å². The maximum Gasteiger partial charge on any atom is 0.196 e. The monoisotopic (exact) mass is 482 g/mol. The summed E-state index contributed by atoms with van der Waals surface area (Å²) in [4.78, 5) is 4.80. The smallest absolute Gasteiger partial charge is 0.196 e. The van der Waals surface area contributed by atoms with Gasteiger partial charge in [0.25, 0.3) is 0 Å². The Bertz CT molecular complexity index is 1650. The molecule has 5 nitrogen and oxygen atoms in total. The number of hydrogen-bond acceptors (Lipinski definition) is 4. The van der Waals surface area contributed by atoms with Crippen molar-refractivity contribution in [3.8, 4) is 18.0 Å². The van der Waals surface area contributed by atoms with Gasteiger partial charge >= 0.3 is 0 Å². The van der Waals surface area contributed by atoms with Crippen molar-refractivity contribution >= 4 is 27.4 Å². The molecule has 180 valence electrons. The summed E-state index contributed by atoms with van der Waals surface area (Å²) in [6.45, 7) is 4.29. The van der Waals surface area contributed by atoms with Gasteiger partial charge in [0, 0.05) is 28.8 Å². The lowest BCUT2D eigenvalue weighted by Gasteiger charge is -2.23. The van der Waals surface area contributed by atoms with Gasteiger partial charge in [0.2, 0.25) is 0 Å². The number of aromatic nitrogens is 2. The highest BCUT2D eigenvalue weighted by atomic mass is 16.5. The first-order valence-corrected chi connectivity index (χ1v) is 12.3. The van der Waals surface area contributed by atoms with E-state index in [4.69, 9.17) is 20.2 Å². The number of hydrogen-bond donors (Lipinski definition) is 0. The van der Waals surface area contributed by atoms with Crippen molar-refractivity contribution in [3.05, 3.63) is 114 Å². The van der Waals surface area contributed by atoms with E-state index in [0.717, 1.165) is 57.0 Å². The van der Waals surface area contributed by atoms with Crippen LogP contribution in [0.3, 0.4) is 0 Å². The summed E-state index contributed by atoms with van der Waals surface area (Å²) in [6, 6.07) is 34.9. The van der Waals surface area contributed by atoms with E-state index in [9.17, 15) is 0 Å². The third kappa shape index (κ3) is 4.94. The summed E-state index contributed by atoms with van der Waals surface area (Å²) in [5.74, 6) is 0.651. The molecule has 0 saturated heterocycles. The van der Waals surface area contributed by atoms with Crippen LogP contribution in [-0.2, 0) is 0 Å². The van der Waals surface area contributed by atoms with E-state index in [-0.39, 0.29) is 12.6 Å². The van der Waals surface area contributed by atoms with Crippen LogP contribution in [0.25, 0.3) is 27.4 Å². The fourth-order valence-electron chi connectivity index (χ4n) is 4.80. The van der Waals surface area contributed by atoms with E-state index in [1.807, 2.05) is 48.5 Å². The molecular formula is C32H26N4O. The largest absolute Gasteiger partial charge is 0.463 e. The van der Waals surface area contributed by atoms with Crippen LogP contribution in [0.2, 0.25) is 0 Å². The van der Waals surface area contributed by atoms with Gasteiger partial charge in [0.1, 0.15) is 6.07 Å². The maximum absolute atomic E-state index is 9.16. The number of rotatable bonds is 9. The minimum Gasteiger partial charge on any atom is -0.463 e. The third-order valence-corrected chi connectivity index (χ3v) is 6.63. The van der Waals surface area contributed by atoms with Gasteiger partial charge in [0.05, 0.1) is 28.8 Å². The third-order valence-electron chi connectivity index (χ3n) is 6.63. The highest BCUT2D eigenvalue weighted by Crippen LogP contribution is 2.36. The molecule has 0 aliphatic carbocycles. The molecule has 0 radical (unpaired) electrons. The number of nitrogens with zero attached hydrogens (tertiary/aromatic N) is 4. The maximum atomic E-state index is 9.16. The fraction of sp³-hybridized carbons (Fsp3) is 0.156. The Balaban J connectivity index is 1.51. The van der Waals surface area contributed by atoms with Crippen molar-refractivity contribution in [2.45, 2.75) is 25.3 Å². The van der Waals surface area contributed by atoms with Gasteiger partial charge in [0.15, 0.2) is 12.5 Å². The molecule has 1 unspecified atom stereocenters. The lowest BCUT2D eigenvalue weighted by Crippen LogP contribution is -2.13. The molecular weight excluding hydrogens is 456 g/mol. The molecule has 0 bridgehead atoms. The normalized spacial score (nSPS) is 11.6. The van der Waals surface area contributed by atoms with Gasteiger partial charge in [-0.2, -0.15) is 10.5 Å². The van der Waals surface area contributed by atoms with Gasteiger partial charge in [-0.25, -0.2) is 4.98 Å². The topological polar surface area (TPSA) is 74.6 Å². The second kappa shape index (κ2) is 10.8. The Morgan fingerprint density at radius 1 is 0.892 bits per heavy atom. The Kier molecular flexibility index (Phi) is 6.97. The molecule has 3 aromatic carbocycles. The molecule has 5 rings (SSSR count). The van der Waals surface area contributed by atoms with Gasteiger partial charge in [-0.1, -0.05) is 73.3 Å². The minimum atomic E-state index is -0.0527. The molecule has 0 aliphatic heterocycles. The number of fused-ring (bicyclic) bond motifs is 2. The Morgan fingerprint density at radius 2 is 1.65 bits per heavy atom. The molecule has 0 spiro atoms. The first-order valence-electron chi connectivity index (χ1n) is 12.3. The number of unbranched alkanes of at least 4 members (excludes halogenated alkanes) is 1. The number of nitriles is 2. The first-order chi connectivity index (χ1) is 18.2. The van der Waals surface area contributed by atoms with E-state index < -0.39 is 0 Å². The second-order valence-corrected chi connectivity index (χ2v) is 8.91. The van der Waals surface area contributed by atoms with Crippen LogP contribution >= 0.6 is 0 Å². The zero-order valence-electron chi connectivity index (χ0n) is 20.5. The van der Waals surface area contributed by atoms with Crippen LogP contribution in [0.15, 0.2) is 97.6 Å². The standard InChI is InChI=1S/C32H26N4O/c1-23(28-18-17-25-8-2-4-10-29(25)35-28)24-13-15-26(16-14-24)30(12-6-7-19-33)36-31-11-5-3-9-27(31)22-32(36)37-21-20-34/h2-5,8-11,13-18,22,30H,1,6-7,12,21H2. The average Bonchev–Trinajstić information content (AvgIpc) is 3.32. The number of benzene rings is 3. The van der Waals surface area contributed by atoms with Crippen LogP contribution in [0.4, 0.5) is 0 Å². The van der Waals surface area contributed by atoms with E-state index in [1.54, 1.807) is 0 Å². The second-order valence-electron chi connectivity index (χ2n) is 8.91. The predicted octanol–water partition coefficient (Wildman–Crippen LogP) is 7.44. The molecule has 0 N–H and O–H groups in total. The van der Waals surface area contributed by atoms with Gasteiger partial charge in [-0.05, 0) is 42.2 Å². The molecule has 0 amide bonds. The number of pyridine rings is 1. The van der Waals surface area contributed by atoms with Gasteiger partial charge in [-0.15, -0.1) is 0 Å². The zero-order valence-corrected chi connectivity index (χ0v) is 20.5. The van der Waals surface area contributed by atoms with Gasteiger partial charge in [-0.3, -0.25) is 0 Å². The van der Waals surface area contributed by atoms with Crippen LogP contribution in [0.5, 0.6) is 5.88 Å². The fourth-order valence-corrected chi connectivity index (χ4v) is 4.80. The van der Waals surface area contributed by atoms with Crippen molar-refractivity contribution in [2.24, 2.45) is 0 Å². The summed E-state index contributed by atoms with van der Waals surface area (Å²) >= 11 is 0. The van der Waals surface area contributed by atoms with Crippen LogP contribution in [0.1, 0.15) is 42.1 Å². The molecule has 5 aromatic rings. The van der Waals surface area contributed by atoms with Crippen molar-refractivity contribution in [3.63, 3.8) is 0 Å². The number of ether oxygens (including phenoxy) is 1.